The van der Waals surface area contributed by atoms with Crippen LogP contribution in [0.25, 0.3) is 10.9 Å². The predicted octanol–water partition coefficient (Wildman–Crippen LogP) is 3.67. The summed E-state index contributed by atoms with van der Waals surface area (Å²) in [5, 5.41) is 10.5. The van der Waals surface area contributed by atoms with Gasteiger partial charge in [0.05, 0.1) is 5.56 Å². The average molecular weight is 282 g/mol. The van der Waals surface area contributed by atoms with Gasteiger partial charge in [0.25, 0.3) is 0 Å². The molecule has 0 unspecified atom stereocenters. The largest absolute Gasteiger partial charge is 0.494 e. The molecule has 0 atom stereocenters. The van der Waals surface area contributed by atoms with Gasteiger partial charge < -0.3 is 10.1 Å². The fourth-order valence-electron chi connectivity index (χ4n) is 2.30. The number of H-pyrrole nitrogens is 1. The Bertz CT molecular complexity index is 778. The molecule has 0 bridgehead atoms. The topological polar surface area (TPSA) is 48.4 Å². The number of hydrogen-bond donors (Lipinski definition) is 2. The van der Waals surface area contributed by atoms with Gasteiger partial charge in [-0.2, -0.15) is 0 Å². The Morgan fingerprint density at radius 1 is 1.14 bits per heavy atom. The number of nitrogens with zero attached hydrogens (tertiary/aromatic N) is 1. The molecule has 0 aliphatic rings. The number of aromatic nitrogens is 1. The van der Waals surface area contributed by atoms with Crippen LogP contribution in [-0.4, -0.2) is 22.8 Å². The summed E-state index contributed by atoms with van der Waals surface area (Å²) in [4.78, 5) is 7.13. The van der Waals surface area contributed by atoms with E-state index in [4.69, 9.17) is 0 Å². The first-order chi connectivity index (χ1) is 10.2. The molecule has 2 aromatic carbocycles. The number of nitrogens with one attached hydrogen (secondary N) is 1. The van der Waals surface area contributed by atoms with E-state index in [0.717, 1.165) is 6.42 Å². The second-order valence-corrected chi connectivity index (χ2v) is 4.85. The minimum atomic E-state index is -0.333. The smallest absolute Gasteiger partial charge is 0.198 e. The third-order valence-electron chi connectivity index (χ3n) is 3.37. The molecule has 0 fully saturated rings. The van der Waals surface area contributed by atoms with Crippen LogP contribution in [0, 0.1) is 5.82 Å². The Kier molecular flexibility index (Phi) is 3.69. The predicted molar refractivity (Wildman–Crippen MR) is 82.5 cm³/mol. The quantitative estimate of drug-likeness (QED) is 0.705. The minimum Gasteiger partial charge on any atom is -0.494 e. The second-order valence-electron chi connectivity index (χ2n) is 4.85. The van der Waals surface area contributed by atoms with Crippen molar-refractivity contribution in [3.8, 4) is 5.88 Å². The van der Waals surface area contributed by atoms with E-state index in [1.54, 1.807) is 12.3 Å². The molecule has 0 aliphatic carbocycles. The first-order valence-electron chi connectivity index (χ1n) is 6.78. The fraction of sp³-hybridized carbons (Fsp3) is 0.118. The highest BCUT2D eigenvalue weighted by Crippen LogP contribution is 2.26. The molecule has 4 heteroatoms. The van der Waals surface area contributed by atoms with E-state index in [2.05, 4.69) is 9.98 Å². The molecule has 0 spiro atoms. The van der Waals surface area contributed by atoms with Crippen molar-refractivity contribution in [2.24, 2.45) is 4.99 Å². The van der Waals surface area contributed by atoms with Gasteiger partial charge in [-0.1, -0.05) is 30.3 Å². The maximum atomic E-state index is 13.3. The summed E-state index contributed by atoms with van der Waals surface area (Å²) in [5.41, 5.74) is 2.43. The molecule has 3 nitrogen and oxygen atoms in total. The molecule has 3 rings (SSSR count). The van der Waals surface area contributed by atoms with E-state index in [-0.39, 0.29) is 11.7 Å². The van der Waals surface area contributed by atoms with Crippen LogP contribution < -0.4 is 0 Å². The highest BCUT2D eigenvalue weighted by Gasteiger charge is 2.09. The van der Waals surface area contributed by atoms with Crippen LogP contribution in [0.5, 0.6) is 5.88 Å². The summed E-state index contributed by atoms with van der Waals surface area (Å²) in [6.45, 7) is 0.617. The average Bonchev–Trinajstić information content (AvgIpc) is 2.80. The summed E-state index contributed by atoms with van der Waals surface area (Å²) in [6, 6.07) is 14.4. The van der Waals surface area contributed by atoms with Crippen molar-refractivity contribution in [2.75, 3.05) is 6.54 Å². The lowest BCUT2D eigenvalue weighted by Crippen LogP contribution is -1.90. The summed E-state index contributed by atoms with van der Waals surface area (Å²) >= 11 is 0. The zero-order valence-electron chi connectivity index (χ0n) is 11.4. The monoisotopic (exact) mass is 282 g/mol. The molecule has 106 valence electrons. The lowest BCUT2D eigenvalue weighted by molar-refractivity contribution is 0.457. The van der Waals surface area contributed by atoms with Crippen molar-refractivity contribution in [3.05, 3.63) is 65.5 Å². The summed E-state index contributed by atoms with van der Waals surface area (Å²) < 4.78 is 13.3. The van der Waals surface area contributed by atoms with Gasteiger partial charge in [-0.15, -0.1) is 0 Å². The SMILES string of the molecule is Oc1[nH]c2ccc(F)cc2c1C=NCCc1ccccc1. The van der Waals surface area contributed by atoms with Crippen molar-refractivity contribution >= 4 is 17.1 Å². The molecular weight excluding hydrogens is 267 g/mol. The Balaban J connectivity index is 1.76. The van der Waals surface area contributed by atoms with Crippen molar-refractivity contribution in [1.29, 1.82) is 0 Å². The zero-order chi connectivity index (χ0) is 14.7. The van der Waals surface area contributed by atoms with E-state index in [1.807, 2.05) is 30.3 Å². The van der Waals surface area contributed by atoms with E-state index >= 15 is 0 Å². The molecular formula is C17H15FN2O. The standard InChI is InChI=1S/C17H15FN2O/c18-13-6-7-16-14(10-13)15(17(21)20-16)11-19-9-8-12-4-2-1-3-5-12/h1-7,10-11,20-21H,8-9H2. The maximum Gasteiger partial charge on any atom is 0.198 e. The van der Waals surface area contributed by atoms with Crippen molar-refractivity contribution < 1.29 is 9.50 Å². The lowest BCUT2D eigenvalue weighted by atomic mass is 10.1. The molecule has 0 saturated carbocycles. The van der Waals surface area contributed by atoms with Crippen molar-refractivity contribution in [2.45, 2.75) is 6.42 Å². The van der Waals surface area contributed by atoms with Crippen LogP contribution in [0.4, 0.5) is 4.39 Å². The molecule has 3 aromatic rings. The van der Waals surface area contributed by atoms with Gasteiger partial charge in [0, 0.05) is 23.7 Å². The van der Waals surface area contributed by atoms with E-state index < -0.39 is 0 Å². The minimum absolute atomic E-state index is 0.0130. The maximum absolute atomic E-state index is 13.3. The zero-order valence-corrected chi connectivity index (χ0v) is 11.4. The Hall–Kier alpha value is -2.62. The van der Waals surface area contributed by atoms with Crippen LogP contribution >= 0.6 is 0 Å². The third kappa shape index (κ3) is 2.94. The molecule has 0 saturated heterocycles. The van der Waals surface area contributed by atoms with Crippen molar-refractivity contribution in [1.82, 2.24) is 4.98 Å². The summed E-state index contributed by atoms with van der Waals surface area (Å²) in [5.74, 6) is -0.320. The van der Waals surface area contributed by atoms with Crippen LogP contribution in [0.1, 0.15) is 11.1 Å². The van der Waals surface area contributed by atoms with Gasteiger partial charge in [0.15, 0.2) is 5.88 Å². The third-order valence-corrected chi connectivity index (χ3v) is 3.37. The number of aromatic amines is 1. The lowest BCUT2D eigenvalue weighted by Gasteiger charge is -1.97. The molecule has 0 aliphatic heterocycles. The number of aromatic hydroxyl groups is 1. The van der Waals surface area contributed by atoms with E-state index in [9.17, 15) is 9.50 Å². The highest BCUT2D eigenvalue weighted by atomic mass is 19.1. The molecule has 1 heterocycles. The normalized spacial score (nSPS) is 11.5. The van der Waals surface area contributed by atoms with Gasteiger partial charge in [-0.25, -0.2) is 4.39 Å². The Morgan fingerprint density at radius 2 is 1.95 bits per heavy atom. The summed E-state index contributed by atoms with van der Waals surface area (Å²) in [6.07, 6.45) is 2.42. The number of benzene rings is 2. The van der Waals surface area contributed by atoms with Gasteiger partial charge in [-0.05, 0) is 30.2 Å². The molecule has 0 radical (unpaired) electrons. The van der Waals surface area contributed by atoms with Gasteiger partial charge >= 0.3 is 0 Å². The van der Waals surface area contributed by atoms with Gasteiger partial charge in [0.1, 0.15) is 5.82 Å². The fourth-order valence-corrected chi connectivity index (χ4v) is 2.30. The van der Waals surface area contributed by atoms with Gasteiger partial charge in [0.2, 0.25) is 0 Å². The van der Waals surface area contributed by atoms with Gasteiger partial charge in [-0.3, -0.25) is 4.99 Å². The molecule has 21 heavy (non-hydrogen) atoms. The Labute approximate surface area is 121 Å². The van der Waals surface area contributed by atoms with Crippen LogP contribution in [0.3, 0.4) is 0 Å². The summed E-state index contributed by atoms with van der Waals surface area (Å²) in [7, 11) is 0. The highest BCUT2D eigenvalue weighted by molar-refractivity contribution is 6.01. The molecule has 0 amide bonds. The number of aliphatic imine (C=N–C) groups is 1. The number of rotatable bonds is 4. The van der Waals surface area contributed by atoms with E-state index in [0.29, 0.717) is 23.0 Å². The number of fused-ring (bicyclic) bond motifs is 1. The number of hydrogen-bond acceptors (Lipinski definition) is 2. The van der Waals surface area contributed by atoms with Crippen molar-refractivity contribution in [3.63, 3.8) is 0 Å². The van der Waals surface area contributed by atoms with Crippen LogP contribution in [0.2, 0.25) is 0 Å². The second kappa shape index (κ2) is 5.79. The van der Waals surface area contributed by atoms with Crippen LogP contribution in [-0.2, 0) is 6.42 Å². The first-order valence-corrected chi connectivity index (χ1v) is 6.78. The first kappa shape index (κ1) is 13.4. The molecule has 2 N–H and O–H groups in total. The molecule has 1 aromatic heterocycles. The van der Waals surface area contributed by atoms with E-state index in [1.165, 1.54) is 17.7 Å². The van der Waals surface area contributed by atoms with Crippen LogP contribution in [0.15, 0.2) is 53.5 Å². The Morgan fingerprint density at radius 3 is 2.76 bits per heavy atom. The number of halogens is 1.